The summed E-state index contributed by atoms with van der Waals surface area (Å²) in [5, 5.41) is 3.65. The number of hydrogen-bond acceptors (Lipinski definition) is 5. The molecule has 1 aliphatic heterocycles. The van der Waals surface area contributed by atoms with Crippen molar-refractivity contribution in [2.75, 3.05) is 13.1 Å². The van der Waals surface area contributed by atoms with Crippen LogP contribution in [-0.4, -0.2) is 54.2 Å². The van der Waals surface area contributed by atoms with Crippen LogP contribution in [0, 0.1) is 73.4 Å². The monoisotopic (exact) mass is 761 g/mol. The summed E-state index contributed by atoms with van der Waals surface area (Å²) in [6, 6.07) is 0.0312. The van der Waals surface area contributed by atoms with Crippen LogP contribution < -0.4 is 5.32 Å². The van der Waals surface area contributed by atoms with Crippen molar-refractivity contribution in [2.45, 2.75) is 178 Å². The normalized spacial score (nSPS) is 44.4. The van der Waals surface area contributed by atoms with E-state index in [9.17, 15) is 14.4 Å². The number of likely N-dealkylation sites (tertiary alicyclic amines) is 1. The van der Waals surface area contributed by atoms with Crippen LogP contribution >= 0.6 is 0 Å². The number of rotatable bonds is 8. The number of nitrogens with one attached hydrogen (secondary N) is 1. The summed E-state index contributed by atoms with van der Waals surface area (Å²) in [7, 11) is 0. The molecule has 0 bridgehead atoms. The fraction of sp³-hybridized carbons (Fsp3) is 0.875. The minimum absolute atomic E-state index is 0.0148. The second kappa shape index (κ2) is 13.7. The molecule has 6 unspecified atom stereocenters. The van der Waals surface area contributed by atoms with E-state index in [1.165, 1.54) is 24.8 Å². The molecule has 0 aromatic carbocycles. The number of carbonyl (C=O) groups is 4. The van der Waals surface area contributed by atoms with Crippen molar-refractivity contribution in [2.24, 2.45) is 73.4 Å². The van der Waals surface area contributed by atoms with Crippen molar-refractivity contribution in [1.29, 1.82) is 0 Å². The second-order valence-electron chi connectivity index (χ2n) is 23.0. The summed E-state index contributed by atoms with van der Waals surface area (Å²) < 4.78 is 6.26. The molecule has 0 aromatic heterocycles. The largest absolute Gasteiger partial charge is 0.462 e. The third kappa shape index (κ3) is 6.13. The van der Waals surface area contributed by atoms with Gasteiger partial charge in [-0.15, -0.1) is 0 Å². The van der Waals surface area contributed by atoms with Crippen molar-refractivity contribution in [1.82, 2.24) is 10.2 Å². The molecule has 0 spiro atoms. The van der Waals surface area contributed by atoms with Crippen LogP contribution in [0.1, 0.15) is 166 Å². The Morgan fingerprint density at radius 1 is 0.818 bits per heavy atom. The average Bonchev–Trinajstić information content (AvgIpc) is 3.53. The van der Waals surface area contributed by atoms with E-state index < -0.39 is 5.41 Å². The molecule has 1 heterocycles. The second-order valence-corrected chi connectivity index (χ2v) is 23.0. The van der Waals surface area contributed by atoms with Crippen molar-refractivity contribution >= 4 is 24.1 Å². The zero-order valence-electron chi connectivity index (χ0n) is 36.4. The van der Waals surface area contributed by atoms with Crippen LogP contribution in [0.4, 0.5) is 0 Å². The Bertz CT molecular complexity index is 1570. The van der Waals surface area contributed by atoms with E-state index in [4.69, 9.17) is 4.74 Å². The highest BCUT2D eigenvalue weighted by molar-refractivity contribution is 5.86. The van der Waals surface area contributed by atoms with Crippen LogP contribution in [0.5, 0.6) is 0 Å². The minimum Gasteiger partial charge on any atom is -0.462 e. The smallest absolute Gasteiger partial charge is 0.307 e. The van der Waals surface area contributed by atoms with Crippen LogP contribution in [-0.2, 0) is 23.9 Å². The molecule has 1 saturated heterocycles. The first-order valence-electron chi connectivity index (χ1n) is 22.5. The van der Waals surface area contributed by atoms with E-state index in [0.717, 1.165) is 90.0 Å². The molecule has 0 radical (unpaired) electrons. The molecule has 7 fully saturated rings. The van der Waals surface area contributed by atoms with Gasteiger partial charge in [0.1, 0.15) is 12.4 Å². The zero-order valence-corrected chi connectivity index (χ0v) is 36.4. The fourth-order valence-corrected chi connectivity index (χ4v) is 15.6. The Balaban J connectivity index is 1.11. The van der Waals surface area contributed by atoms with Gasteiger partial charge in [0.15, 0.2) is 0 Å². The van der Waals surface area contributed by atoms with Gasteiger partial charge in [-0.25, -0.2) is 0 Å². The standard InChI is InChI=1S/C48H76N2O5/c1-30(2)31-17-22-48(41(54)49-36-27-33(43(36,5)6)40(53)50-25-13-12-14-26-50)24-23-46(10)32(39(31)48)15-16-35-45(9)20-19-37(55-38(52)28-42(3,4)29-51)44(7,8)34(45)18-21-47(35,46)11/h29,31-37,39H,1,12-28H2,2-11H3,(H,49,54)/t31?,32?,33-,34?,35?,36?,37+,39?,45+,46-,47-,48+/m1/s1. The summed E-state index contributed by atoms with van der Waals surface area (Å²) in [6.45, 7) is 29.1. The number of carbonyl (C=O) groups excluding carboxylic acids is 4. The van der Waals surface area contributed by atoms with Gasteiger partial charge in [-0.2, -0.15) is 0 Å². The number of hydrogen-bond donors (Lipinski definition) is 1. The third-order valence-electron chi connectivity index (χ3n) is 19.2. The lowest BCUT2D eigenvalue weighted by molar-refractivity contribution is -0.249. The van der Waals surface area contributed by atoms with E-state index in [0.29, 0.717) is 35.5 Å². The van der Waals surface area contributed by atoms with Crippen LogP contribution in [0.25, 0.3) is 0 Å². The van der Waals surface area contributed by atoms with Gasteiger partial charge in [-0.1, -0.05) is 74.5 Å². The number of piperidine rings is 1. The number of allylic oxidation sites excluding steroid dienone is 1. The predicted octanol–water partition coefficient (Wildman–Crippen LogP) is 9.71. The highest BCUT2D eigenvalue weighted by Crippen LogP contribution is 2.77. The molecule has 7 heteroatoms. The molecule has 6 aliphatic carbocycles. The first kappa shape index (κ1) is 41.0. The lowest BCUT2D eigenvalue weighted by Crippen LogP contribution is -2.68. The molecule has 55 heavy (non-hydrogen) atoms. The number of esters is 1. The number of nitrogens with zero attached hydrogens (tertiary/aromatic N) is 1. The summed E-state index contributed by atoms with van der Waals surface area (Å²) in [4.78, 5) is 55.4. The van der Waals surface area contributed by atoms with E-state index in [2.05, 4.69) is 72.2 Å². The predicted molar refractivity (Wildman–Crippen MR) is 218 cm³/mol. The topological polar surface area (TPSA) is 92.8 Å². The summed E-state index contributed by atoms with van der Waals surface area (Å²) >= 11 is 0. The van der Waals surface area contributed by atoms with Gasteiger partial charge in [0, 0.05) is 35.9 Å². The molecule has 7 nitrogen and oxygen atoms in total. The first-order valence-corrected chi connectivity index (χ1v) is 22.5. The number of amides is 2. The maximum Gasteiger partial charge on any atom is 0.307 e. The molecule has 12 atom stereocenters. The lowest BCUT2D eigenvalue weighted by atomic mass is 9.32. The fourth-order valence-electron chi connectivity index (χ4n) is 15.6. The lowest BCUT2D eigenvalue weighted by Gasteiger charge is -2.73. The number of aldehydes is 1. The summed E-state index contributed by atoms with van der Waals surface area (Å²) in [6.07, 6.45) is 15.6. The Morgan fingerprint density at radius 3 is 2.15 bits per heavy atom. The molecule has 308 valence electrons. The van der Waals surface area contributed by atoms with Crippen molar-refractivity contribution < 1.29 is 23.9 Å². The zero-order chi connectivity index (χ0) is 40.1. The van der Waals surface area contributed by atoms with Crippen molar-refractivity contribution in [3.63, 3.8) is 0 Å². The number of fused-ring (bicyclic) bond motifs is 7. The van der Waals surface area contributed by atoms with Gasteiger partial charge < -0.3 is 19.7 Å². The Kier molecular flexibility index (Phi) is 10.2. The maximum atomic E-state index is 15.0. The van der Waals surface area contributed by atoms with Gasteiger partial charge in [0.05, 0.1) is 11.8 Å². The summed E-state index contributed by atoms with van der Waals surface area (Å²) in [5.74, 6) is 2.43. The van der Waals surface area contributed by atoms with Crippen molar-refractivity contribution in [3.8, 4) is 0 Å². The van der Waals surface area contributed by atoms with E-state index in [1.807, 2.05) is 0 Å². The number of ether oxygens (including phenoxy) is 1. The van der Waals surface area contributed by atoms with Gasteiger partial charge in [-0.3, -0.25) is 14.4 Å². The summed E-state index contributed by atoms with van der Waals surface area (Å²) in [5.41, 5.74) is 0.161. The maximum absolute atomic E-state index is 15.0. The van der Waals surface area contributed by atoms with Crippen LogP contribution in [0.3, 0.4) is 0 Å². The Hall–Kier alpha value is -2.18. The minimum atomic E-state index is -0.713. The molecular weight excluding hydrogens is 685 g/mol. The quantitative estimate of drug-likeness (QED) is 0.151. The third-order valence-corrected chi connectivity index (χ3v) is 19.2. The highest BCUT2D eigenvalue weighted by Gasteiger charge is 2.72. The molecule has 1 N–H and O–H groups in total. The van der Waals surface area contributed by atoms with Crippen LogP contribution in [0.2, 0.25) is 0 Å². The van der Waals surface area contributed by atoms with Crippen LogP contribution in [0.15, 0.2) is 12.2 Å². The highest BCUT2D eigenvalue weighted by atomic mass is 16.5. The Morgan fingerprint density at radius 2 is 1.51 bits per heavy atom. The van der Waals surface area contributed by atoms with Gasteiger partial charge in [0.25, 0.3) is 0 Å². The van der Waals surface area contributed by atoms with E-state index in [-0.39, 0.29) is 68.9 Å². The van der Waals surface area contributed by atoms with Crippen molar-refractivity contribution in [3.05, 3.63) is 12.2 Å². The van der Waals surface area contributed by atoms with Gasteiger partial charge in [0.2, 0.25) is 11.8 Å². The molecule has 7 aliphatic rings. The molecule has 0 aromatic rings. The SMILES string of the molecule is C=C(C)C1CC[C@]2(C(=O)NC3C[C@H](C(=O)N4CCCCC4)C3(C)C)CC[C@]3(C)C(CCC4[C@@]5(C)CC[C@H](OC(=O)CC(C)(C)C=O)C(C)(C)C5CC[C@]43C)C12. The molecule has 6 saturated carbocycles. The van der Waals surface area contributed by atoms with Gasteiger partial charge >= 0.3 is 5.97 Å². The Labute approximate surface area is 333 Å². The van der Waals surface area contributed by atoms with Gasteiger partial charge in [-0.05, 0) is 148 Å². The first-order chi connectivity index (χ1) is 25.6. The van der Waals surface area contributed by atoms with E-state index in [1.54, 1.807) is 13.8 Å². The average molecular weight is 761 g/mol. The molecule has 2 amide bonds. The molecular formula is C48H76N2O5. The molecule has 7 rings (SSSR count). The van der Waals surface area contributed by atoms with E-state index >= 15 is 4.79 Å².